The van der Waals surface area contributed by atoms with Crippen molar-refractivity contribution >= 4 is 35.2 Å². The molecule has 0 spiro atoms. The summed E-state index contributed by atoms with van der Waals surface area (Å²) in [7, 11) is 0. The van der Waals surface area contributed by atoms with E-state index >= 15 is 0 Å². The summed E-state index contributed by atoms with van der Waals surface area (Å²) in [6, 6.07) is 10.6. The van der Waals surface area contributed by atoms with Crippen LogP contribution < -0.4 is 5.32 Å². The van der Waals surface area contributed by atoms with Gasteiger partial charge in [-0.15, -0.1) is 0 Å². The maximum Gasteiger partial charge on any atom is 0.416 e. The Hall–Kier alpha value is -3.31. The Kier molecular flexibility index (Phi) is 6.79. The number of anilines is 1. The van der Waals surface area contributed by atoms with Crippen LogP contribution >= 0.6 is 11.6 Å². The third-order valence-electron chi connectivity index (χ3n) is 3.37. The van der Waals surface area contributed by atoms with Crippen molar-refractivity contribution in [2.45, 2.75) is 6.18 Å². The first-order valence-corrected chi connectivity index (χ1v) is 8.08. The molecule has 2 aromatic carbocycles. The number of nitrogens with zero attached hydrogens (tertiary/aromatic N) is 1. The number of nitrogens with one attached hydrogen (secondary N) is 1. The van der Waals surface area contributed by atoms with Gasteiger partial charge in [0.1, 0.15) is 0 Å². The molecule has 0 bridgehead atoms. The molecule has 144 valence electrons. The molecule has 2 aromatic rings. The van der Waals surface area contributed by atoms with E-state index in [0.717, 1.165) is 30.4 Å². The number of benzene rings is 2. The van der Waals surface area contributed by atoms with Crippen molar-refractivity contribution in [2.75, 3.05) is 11.9 Å². The smallest absolute Gasteiger partial charge is 0.416 e. The van der Waals surface area contributed by atoms with Crippen LogP contribution in [0.4, 0.5) is 18.9 Å². The third-order valence-corrected chi connectivity index (χ3v) is 3.71. The lowest BCUT2D eigenvalue weighted by atomic mass is 10.1. The lowest BCUT2D eigenvalue weighted by Gasteiger charge is -2.08. The van der Waals surface area contributed by atoms with Gasteiger partial charge in [-0.05, 0) is 54.1 Å². The van der Waals surface area contributed by atoms with Gasteiger partial charge in [0, 0.05) is 16.8 Å². The fourth-order valence-electron chi connectivity index (χ4n) is 2.02. The van der Waals surface area contributed by atoms with Gasteiger partial charge in [-0.2, -0.15) is 18.4 Å². The average Bonchev–Trinajstić information content (AvgIpc) is 2.65. The van der Waals surface area contributed by atoms with Crippen LogP contribution in [0.1, 0.15) is 16.7 Å². The van der Waals surface area contributed by atoms with E-state index in [1.807, 2.05) is 6.07 Å². The van der Waals surface area contributed by atoms with E-state index in [1.54, 1.807) is 0 Å². The molecule has 0 aromatic heterocycles. The Morgan fingerprint density at radius 3 is 2.46 bits per heavy atom. The molecule has 0 saturated carbocycles. The fraction of sp³-hybridized carbons (Fsp3) is 0.105. The summed E-state index contributed by atoms with van der Waals surface area (Å²) >= 11 is 5.81. The van der Waals surface area contributed by atoms with Gasteiger partial charge >= 0.3 is 12.1 Å². The van der Waals surface area contributed by atoms with Crippen molar-refractivity contribution in [2.24, 2.45) is 0 Å². The van der Waals surface area contributed by atoms with E-state index < -0.39 is 30.2 Å². The molecule has 1 N–H and O–H groups in total. The van der Waals surface area contributed by atoms with Gasteiger partial charge in [0.2, 0.25) is 0 Å². The summed E-state index contributed by atoms with van der Waals surface area (Å²) < 4.78 is 42.9. The maximum absolute atomic E-state index is 12.7. The number of hydrogen-bond acceptors (Lipinski definition) is 4. The zero-order chi connectivity index (χ0) is 20.7. The number of ether oxygens (including phenoxy) is 1. The number of nitriles is 1. The van der Waals surface area contributed by atoms with Gasteiger partial charge in [-0.25, -0.2) is 4.79 Å². The highest BCUT2D eigenvalue weighted by Crippen LogP contribution is 2.32. The van der Waals surface area contributed by atoms with E-state index in [4.69, 9.17) is 21.6 Å². The zero-order valence-electron chi connectivity index (χ0n) is 14.1. The average molecular weight is 409 g/mol. The zero-order valence-corrected chi connectivity index (χ0v) is 14.8. The SMILES string of the molecule is N#Cc1ccc(NC(=O)COC(=O)/C=C/c2cc(C(F)(F)F)ccc2Cl)cc1. The molecule has 0 aliphatic heterocycles. The monoisotopic (exact) mass is 408 g/mol. The summed E-state index contributed by atoms with van der Waals surface area (Å²) in [4.78, 5) is 23.4. The third kappa shape index (κ3) is 6.14. The van der Waals surface area contributed by atoms with Gasteiger partial charge in [-0.1, -0.05) is 11.6 Å². The molecule has 0 aliphatic rings. The minimum atomic E-state index is -4.54. The highest BCUT2D eigenvalue weighted by Gasteiger charge is 2.30. The predicted molar refractivity (Wildman–Crippen MR) is 96.2 cm³/mol. The van der Waals surface area contributed by atoms with Gasteiger partial charge in [-0.3, -0.25) is 4.79 Å². The Labute approximate surface area is 163 Å². The Morgan fingerprint density at radius 1 is 1.18 bits per heavy atom. The summed E-state index contributed by atoms with van der Waals surface area (Å²) in [6.07, 6.45) is -2.61. The fourth-order valence-corrected chi connectivity index (χ4v) is 2.20. The van der Waals surface area contributed by atoms with Crippen molar-refractivity contribution in [1.82, 2.24) is 0 Å². The molecule has 0 fully saturated rings. The van der Waals surface area contributed by atoms with Gasteiger partial charge in [0.25, 0.3) is 5.91 Å². The van der Waals surface area contributed by atoms with Crippen LogP contribution in [-0.4, -0.2) is 18.5 Å². The maximum atomic E-state index is 12.7. The Bertz CT molecular complexity index is 948. The van der Waals surface area contributed by atoms with Crippen molar-refractivity contribution in [3.05, 3.63) is 70.3 Å². The second-order valence-corrected chi connectivity index (χ2v) is 5.82. The summed E-state index contributed by atoms with van der Waals surface area (Å²) in [6.45, 7) is -0.598. The number of amides is 1. The normalized spacial score (nSPS) is 11.1. The van der Waals surface area contributed by atoms with Gasteiger partial charge in [0.05, 0.1) is 17.2 Å². The molecule has 9 heteroatoms. The summed E-state index contributed by atoms with van der Waals surface area (Å²) in [5, 5.41) is 11.2. The number of esters is 1. The molecular formula is C19H12ClF3N2O3. The van der Waals surface area contributed by atoms with E-state index in [0.29, 0.717) is 11.3 Å². The molecule has 0 unspecified atom stereocenters. The van der Waals surface area contributed by atoms with Crippen molar-refractivity contribution in [3.63, 3.8) is 0 Å². The van der Waals surface area contributed by atoms with E-state index in [1.165, 1.54) is 24.3 Å². The van der Waals surface area contributed by atoms with Crippen LogP contribution in [0.2, 0.25) is 5.02 Å². The van der Waals surface area contributed by atoms with Crippen molar-refractivity contribution < 1.29 is 27.5 Å². The molecule has 0 radical (unpaired) electrons. The predicted octanol–water partition coefficient (Wildman–Crippen LogP) is 4.43. The first-order chi connectivity index (χ1) is 13.2. The van der Waals surface area contributed by atoms with E-state index in [-0.39, 0.29) is 10.6 Å². The first kappa shape index (κ1) is 21.0. The number of rotatable bonds is 5. The number of carbonyl (C=O) groups excluding carboxylic acids is 2. The molecule has 2 rings (SSSR count). The van der Waals surface area contributed by atoms with Crippen LogP contribution in [0.3, 0.4) is 0 Å². The first-order valence-electron chi connectivity index (χ1n) is 7.70. The van der Waals surface area contributed by atoms with Crippen LogP contribution in [0.25, 0.3) is 6.08 Å². The minimum absolute atomic E-state index is 0.0181. The standard InChI is InChI=1S/C19H12ClF3N2O3/c20-16-7-4-14(19(21,22)23)9-13(16)3-8-18(27)28-11-17(26)25-15-5-1-12(10-24)2-6-15/h1-9H,11H2,(H,25,26)/b8-3+. The Morgan fingerprint density at radius 2 is 1.86 bits per heavy atom. The van der Waals surface area contributed by atoms with Gasteiger partial charge < -0.3 is 10.1 Å². The summed E-state index contributed by atoms with van der Waals surface area (Å²) in [5.74, 6) is -1.55. The van der Waals surface area contributed by atoms with Crippen LogP contribution in [0.5, 0.6) is 0 Å². The highest BCUT2D eigenvalue weighted by atomic mass is 35.5. The van der Waals surface area contributed by atoms with Crippen molar-refractivity contribution in [1.29, 1.82) is 5.26 Å². The highest BCUT2D eigenvalue weighted by molar-refractivity contribution is 6.32. The van der Waals surface area contributed by atoms with Crippen LogP contribution in [0.15, 0.2) is 48.5 Å². The van der Waals surface area contributed by atoms with E-state index in [9.17, 15) is 22.8 Å². The van der Waals surface area contributed by atoms with Crippen LogP contribution in [-0.2, 0) is 20.5 Å². The van der Waals surface area contributed by atoms with Gasteiger partial charge in [0.15, 0.2) is 6.61 Å². The lowest BCUT2D eigenvalue weighted by molar-refractivity contribution is -0.142. The number of halogens is 4. The number of hydrogen-bond donors (Lipinski definition) is 1. The Balaban J connectivity index is 1.91. The largest absolute Gasteiger partial charge is 0.452 e. The molecule has 0 heterocycles. The quantitative estimate of drug-likeness (QED) is 0.586. The summed E-state index contributed by atoms with van der Waals surface area (Å²) in [5.41, 5.74) is -0.101. The molecule has 28 heavy (non-hydrogen) atoms. The molecule has 5 nitrogen and oxygen atoms in total. The topological polar surface area (TPSA) is 79.2 Å². The van der Waals surface area contributed by atoms with Crippen molar-refractivity contribution in [3.8, 4) is 6.07 Å². The molecule has 0 aliphatic carbocycles. The molecule has 0 saturated heterocycles. The molecular weight excluding hydrogens is 397 g/mol. The molecule has 0 atom stereocenters. The minimum Gasteiger partial charge on any atom is -0.452 e. The lowest BCUT2D eigenvalue weighted by Crippen LogP contribution is -2.20. The van der Waals surface area contributed by atoms with E-state index in [2.05, 4.69) is 5.32 Å². The number of carbonyl (C=O) groups is 2. The second kappa shape index (κ2) is 9.06. The second-order valence-electron chi connectivity index (χ2n) is 5.41. The number of alkyl halides is 3. The molecule has 1 amide bonds. The van der Waals surface area contributed by atoms with Crippen LogP contribution in [0, 0.1) is 11.3 Å².